The summed E-state index contributed by atoms with van der Waals surface area (Å²) in [5.74, 6) is 4.50. The molecule has 3 atom stereocenters. The third-order valence-electron chi connectivity index (χ3n) is 4.98. The highest BCUT2D eigenvalue weighted by molar-refractivity contribution is 5.29. The highest BCUT2D eigenvalue weighted by Gasteiger charge is 2.36. The number of nitrogens with one attached hydrogen (secondary N) is 1. The van der Waals surface area contributed by atoms with Crippen LogP contribution in [0, 0.1) is 5.92 Å². The minimum atomic E-state index is 0.459. The van der Waals surface area contributed by atoms with Gasteiger partial charge in [0.25, 0.3) is 0 Å². The number of hydrogen-bond donors (Lipinski definition) is 1. The Balaban J connectivity index is 1.31. The standard InChI is InChI=1S/C18H24N4O/c1-13-10-16(13)17-6-5-15(23-17)11-21-14-4-2-9-22(12-14)18-19-7-3-8-20-18/h3,5-8,13-14,16,21H,2,4,9-12H2,1H3/t13-,14+,16+/m1/s1. The van der Waals surface area contributed by atoms with Crippen LogP contribution < -0.4 is 10.2 Å². The number of furan rings is 1. The molecule has 2 aromatic rings. The molecule has 1 saturated heterocycles. The smallest absolute Gasteiger partial charge is 0.225 e. The minimum Gasteiger partial charge on any atom is -0.464 e. The average Bonchev–Trinajstić information content (AvgIpc) is 3.15. The first kappa shape index (κ1) is 14.7. The van der Waals surface area contributed by atoms with Crippen molar-refractivity contribution in [3.8, 4) is 0 Å². The molecule has 23 heavy (non-hydrogen) atoms. The first-order valence-electron chi connectivity index (χ1n) is 8.63. The van der Waals surface area contributed by atoms with Crippen molar-refractivity contribution in [1.29, 1.82) is 0 Å². The van der Waals surface area contributed by atoms with E-state index in [1.54, 1.807) is 0 Å². The second-order valence-electron chi connectivity index (χ2n) is 6.84. The summed E-state index contributed by atoms with van der Waals surface area (Å²) < 4.78 is 5.98. The molecule has 122 valence electrons. The van der Waals surface area contributed by atoms with Gasteiger partial charge in [-0.15, -0.1) is 0 Å². The third kappa shape index (κ3) is 3.39. The average molecular weight is 312 g/mol. The maximum Gasteiger partial charge on any atom is 0.225 e. The fourth-order valence-corrected chi connectivity index (χ4v) is 3.43. The van der Waals surface area contributed by atoms with Gasteiger partial charge in [-0.1, -0.05) is 6.92 Å². The number of aromatic nitrogens is 2. The van der Waals surface area contributed by atoms with Crippen LogP contribution in [-0.4, -0.2) is 29.1 Å². The number of rotatable bonds is 5. The molecule has 1 aliphatic carbocycles. The van der Waals surface area contributed by atoms with E-state index in [0.717, 1.165) is 43.0 Å². The molecule has 2 fully saturated rings. The highest BCUT2D eigenvalue weighted by Crippen LogP contribution is 2.47. The maximum atomic E-state index is 5.98. The largest absolute Gasteiger partial charge is 0.464 e. The van der Waals surface area contributed by atoms with Gasteiger partial charge in [-0.3, -0.25) is 0 Å². The number of hydrogen-bond acceptors (Lipinski definition) is 5. The summed E-state index contributed by atoms with van der Waals surface area (Å²) in [6.45, 7) is 5.08. The van der Waals surface area contributed by atoms with Gasteiger partial charge in [0.1, 0.15) is 11.5 Å². The van der Waals surface area contributed by atoms with Crippen LogP contribution in [0.1, 0.15) is 43.6 Å². The molecule has 0 aromatic carbocycles. The Morgan fingerprint density at radius 1 is 1.30 bits per heavy atom. The maximum absolute atomic E-state index is 5.98. The molecule has 5 heteroatoms. The summed E-state index contributed by atoms with van der Waals surface area (Å²) in [5.41, 5.74) is 0. The zero-order valence-corrected chi connectivity index (χ0v) is 13.6. The van der Waals surface area contributed by atoms with E-state index < -0.39 is 0 Å². The summed E-state index contributed by atoms with van der Waals surface area (Å²) in [5, 5.41) is 3.63. The van der Waals surface area contributed by atoms with Crippen molar-refractivity contribution in [2.24, 2.45) is 5.92 Å². The Morgan fingerprint density at radius 3 is 2.91 bits per heavy atom. The minimum absolute atomic E-state index is 0.459. The Morgan fingerprint density at radius 2 is 2.13 bits per heavy atom. The van der Waals surface area contributed by atoms with Crippen LogP contribution in [0.25, 0.3) is 0 Å². The summed E-state index contributed by atoms with van der Waals surface area (Å²) in [7, 11) is 0. The van der Waals surface area contributed by atoms with Gasteiger partial charge in [0.15, 0.2) is 0 Å². The molecule has 5 nitrogen and oxygen atoms in total. The first-order valence-corrected chi connectivity index (χ1v) is 8.63. The molecule has 0 unspecified atom stereocenters. The van der Waals surface area contributed by atoms with Crippen molar-refractivity contribution >= 4 is 5.95 Å². The van der Waals surface area contributed by atoms with Crippen LogP contribution >= 0.6 is 0 Å². The number of piperidine rings is 1. The Labute approximate surface area is 137 Å². The van der Waals surface area contributed by atoms with Crippen LogP contribution in [0.3, 0.4) is 0 Å². The van der Waals surface area contributed by atoms with E-state index in [1.165, 1.54) is 19.3 Å². The van der Waals surface area contributed by atoms with Gasteiger partial charge in [0.2, 0.25) is 5.95 Å². The van der Waals surface area contributed by atoms with E-state index in [1.807, 2.05) is 18.5 Å². The van der Waals surface area contributed by atoms with Gasteiger partial charge in [0.05, 0.1) is 6.54 Å². The molecule has 0 amide bonds. The molecule has 4 rings (SSSR count). The van der Waals surface area contributed by atoms with Gasteiger partial charge in [-0.25, -0.2) is 9.97 Å². The number of nitrogens with zero attached hydrogens (tertiary/aromatic N) is 3. The molecule has 0 spiro atoms. The van der Waals surface area contributed by atoms with E-state index in [9.17, 15) is 0 Å². The van der Waals surface area contributed by atoms with Crippen molar-refractivity contribution in [3.05, 3.63) is 42.1 Å². The number of anilines is 1. The first-order chi connectivity index (χ1) is 11.3. The lowest BCUT2D eigenvalue weighted by Gasteiger charge is -2.33. The molecular formula is C18H24N4O. The molecule has 0 bridgehead atoms. The summed E-state index contributed by atoms with van der Waals surface area (Å²) >= 11 is 0. The normalized spacial score (nSPS) is 27.2. The van der Waals surface area contributed by atoms with Gasteiger partial charge >= 0.3 is 0 Å². The zero-order chi connectivity index (χ0) is 15.6. The third-order valence-corrected chi connectivity index (χ3v) is 4.98. The molecule has 0 radical (unpaired) electrons. The van der Waals surface area contributed by atoms with Gasteiger partial charge in [-0.05, 0) is 43.4 Å². The van der Waals surface area contributed by atoms with Crippen LogP contribution in [0.4, 0.5) is 5.95 Å². The van der Waals surface area contributed by atoms with E-state index in [0.29, 0.717) is 12.0 Å². The highest BCUT2D eigenvalue weighted by atomic mass is 16.3. The fourth-order valence-electron chi connectivity index (χ4n) is 3.43. The lowest BCUT2D eigenvalue weighted by atomic mass is 10.1. The molecule has 2 aliphatic rings. The van der Waals surface area contributed by atoms with Crippen molar-refractivity contribution in [3.63, 3.8) is 0 Å². The lowest BCUT2D eigenvalue weighted by molar-refractivity contribution is 0.384. The predicted molar refractivity (Wildman–Crippen MR) is 89.3 cm³/mol. The second-order valence-corrected chi connectivity index (χ2v) is 6.84. The van der Waals surface area contributed by atoms with E-state index in [2.05, 4.69) is 39.2 Å². The Hall–Kier alpha value is -1.88. The van der Waals surface area contributed by atoms with Gasteiger partial charge in [0, 0.05) is 37.4 Å². The van der Waals surface area contributed by atoms with E-state index in [4.69, 9.17) is 4.42 Å². The Bertz CT molecular complexity index is 641. The van der Waals surface area contributed by atoms with Crippen molar-refractivity contribution in [2.45, 2.75) is 44.7 Å². The predicted octanol–water partition coefficient (Wildman–Crippen LogP) is 2.95. The molecule has 1 saturated carbocycles. The fraction of sp³-hybridized carbons (Fsp3) is 0.556. The molecule has 1 N–H and O–H groups in total. The monoisotopic (exact) mass is 312 g/mol. The van der Waals surface area contributed by atoms with Gasteiger partial charge in [-0.2, -0.15) is 0 Å². The van der Waals surface area contributed by atoms with Crippen LogP contribution in [0.5, 0.6) is 0 Å². The Kier molecular flexibility index (Phi) is 4.04. The molecular weight excluding hydrogens is 288 g/mol. The van der Waals surface area contributed by atoms with E-state index in [-0.39, 0.29) is 0 Å². The topological polar surface area (TPSA) is 54.2 Å². The quantitative estimate of drug-likeness (QED) is 0.920. The summed E-state index contributed by atoms with van der Waals surface area (Å²) in [6, 6.07) is 6.59. The lowest BCUT2D eigenvalue weighted by Crippen LogP contribution is -2.46. The van der Waals surface area contributed by atoms with Crippen molar-refractivity contribution < 1.29 is 4.42 Å². The molecule has 1 aliphatic heterocycles. The molecule has 2 aromatic heterocycles. The van der Waals surface area contributed by atoms with Crippen molar-refractivity contribution in [1.82, 2.24) is 15.3 Å². The van der Waals surface area contributed by atoms with Crippen LogP contribution in [0.2, 0.25) is 0 Å². The van der Waals surface area contributed by atoms with Crippen LogP contribution in [0.15, 0.2) is 35.0 Å². The second kappa shape index (κ2) is 6.32. The summed E-state index contributed by atoms with van der Waals surface area (Å²) in [6.07, 6.45) is 7.25. The zero-order valence-electron chi connectivity index (χ0n) is 13.6. The SMILES string of the molecule is C[C@@H]1C[C@@H]1c1ccc(CN[C@H]2CCCN(c3ncccn3)C2)o1. The van der Waals surface area contributed by atoms with E-state index >= 15 is 0 Å². The van der Waals surface area contributed by atoms with Crippen molar-refractivity contribution in [2.75, 3.05) is 18.0 Å². The summed E-state index contributed by atoms with van der Waals surface area (Å²) in [4.78, 5) is 11.0. The molecule has 3 heterocycles. The van der Waals surface area contributed by atoms with Gasteiger partial charge < -0.3 is 14.6 Å². The van der Waals surface area contributed by atoms with Crippen LogP contribution in [-0.2, 0) is 6.54 Å².